The number of hydrogen-bond acceptors (Lipinski definition) is 2. The van der Waals surface area contributed by atoms with Crippen molar-refractivity contribution in [1.29, 1.82) is 0 Å². The van der Waals surface area contributed by atoms with Crippen molar-refractivity contribution >= 4 is 0 Å². The highest BCUT2D eigenvalue weighted by atomic mass is 14.7. The first kappa shape index (κ1) is 36.0. The molecule has 2 aliphatic rings. The van der Waals surface area contributed by atoms with E-state index in [4.69, 9.17) is 9.97 Å². The number of nitrogens with zero attached hydrogens (tertiary/aromatic N) is 2. The van der Waals surface area contributed by atoms with Gasteiger partial charge < -0.3 is 0 Å². The Labute approximate surface area is 343 Å². The van der Waals surface area contributed by atoms with Gasteiger partial charge in [-0.3, -0.25) is 9.97 Å². The van der Waals surface area contributed by atoms with Crippen LogP contribution in [0.5, 0.6) is 0 Å². The van der Waals surface area contributed by atoms with Gasteiger partial charge in [0, 0.05) is 18.0 Å². The summed E-state index contributed by atoms with van der Waals surface area (Å²) in [6.45, 7) is 13.9. The van der Waals surface area contributed by atoms with Crippen molar-refractivity contribution in [2.75, 3.05) is 0 Å². The van der Waals surface area contributed by atoms with Crippen LogP contribution >= 0.6 is 0 Å². The first-order valence-corrected chi connectivity index (χ1v) is 20.6. The zero-order valence-corrected chi connectivity index (χ0v) is 34.2. The maximum absolute atomic E-state index is 5.26. The molecule has 0 saturated carbocycles. The lowest BCUT2D eigenvalue weighted by molar-refractivity contribution is 0.589. The molecule has 0 aliphatic heterocycles. The van der Waals surface area contributed by atoms with E-state index < -0.39 is 10.8 Å². The predicted molar refractivity (Wildman–Crippen MR) is 239 cm³/mol. The number of aromatic nitrogens is 2. The molecule has 58 heavy (non-hydrogen) atoms. The number of benzene rings is 6. The lowest BCUT2D eigenvalue weighted by atomic mass is 9.64. The Morgan fingerprint density at radius 2 is 0.845 bits per heavy atom. The molecule has 6 aromatic carbocycles. The third-order valence-electron chi connectivity index (χ3n) is 12.9. The summed E-state index contributed by atoms with van der Waals surface area (Å²) >= 11 is 0. The average Bonchev–Trinajstić information content (AvgIpc) is 3.72. The van der Waals surface area contributed by atoms with Crippen LogP contribution < -0.4 is 0 Å². The van der Waals surface area contributed by atoms with Gasteiger partial charge in [0.05, 0.1) is 22.2 Å². The number of pyridine rings is 2. The zero-order valence-electron chi connectivity index (χ0n) is 34.2. The molecule has 0 atom stereocenters. The molecule has 2 heterocycles. The van der Waals surface area contributed by atoms with Crippen LogP contribution in [0.3, 0.4) is 0 Å². The van der Waals surface area contributed by atoms with Gasteiger partial charge in [0.15, 0.2) is 0 Å². The van der Waals surface area contributed by atoms with Crippen molar-refractivity contribution in [2.45, 2.75) is 63.2 Å². The van der Waals surface area contributed by atoms with Crippen molar-refractivity contribution in [2.24, 2.45) is 0 Å². The van der Waals surface area contributed by atoms with Crippen molar-refractivity contribution < 1.29 is 0 Å². The lowest BCUT2D eigenvalue weighted by Gasteiger charge is -2.37. The third kappa shape index (κ3) is 5.24. The van der Waals surface area contributed by atoms with Gasteiger partial charge in [-0.1, -0.05) is 181 Å². The standard InChI is InChI=1S/C56H48N2/c1-53(2,3)38-27-29-49-45(35-38)46-36-39(54(4,5)6)28-30-50(46)56(49,52-26-12-14-32-58-52)42-20-16-19-41(34-42)55(40-18-15-17-37(33-40)51-25-11-13-31-57-51)47-23-9-7-21-43(47)44-22-8-10-24-48(44)55/h7-36H,1-6H3. The second-order valence-electron chi connectivity index (χ2n) is 18.2. The number of hydrogen-bond donors (Lipinski definition) is 0. The molecule has 8 aromatic rings. The van der Waals surface area contributed by atoms with Crippen molar-refractivity contribution in [3.05, 3.63) is 238 Å². The predicted octanol–water partition coefficient (Wildman–Crippen LogP) is 13.5. The summed E-state index contributed by atoms with van der Waals surface area (Å²) in [6, 6.07) is 63.6. The molecular formula is C56H48N2. The van der Waals surface area contributed by atoms with Crippen LogP contribution in [0.2, 0.25) is 0 Å². The number of rotatable bonds is 5. The maximum atomic E-state index is 5.26. The van der Waals surface area contributed by atoms with E-state index in [0.29, 0.717) is 0 Å². The lowest BCUT2D eigenvalue weighted by Crippen LogP contribution is -2.32. The largest absolute Gasteiger partial charge is 0.260 e. The minimum Gasteiger partial charge on any atom is -0.260 e. The summed E-state index contributed by atoms with van der Waals surface area (Å²) in [5, 5.41) is 0. The number of fused-ring (bicyclic) bond motifs is 6. The Kier molecular flexibility index (Phi) is 8.12. The normalized spacial score (nSPS) is 14.7. The van der Waals surface area contributed by atoms with Crippen molar-refractivity contribution in [1.82, 2.24) is 9.97 Å². The summed E-state index contributed by atoms with van der Waals surface area (Å²) in [5.41, 5.74) is 18.4. The van der Waals surface area contributed by atoms with Crippen LogP contribution in [0.15, 0.2) is 182 Å². The van der Waals surface area contributed by atoms with Gasteiger partial charge in [0.2, 0.25) is 0 Å². The van der Waals surface area contributed by atoms with Crippen molar-refractivity contribution in [3.63, 3.8) is 0 Å². The van der Waals surface area contributed by atoms with E-state index in [9.17, 15) is 0 Å². The van der Waals surface area contributed by atoms with Crippen molar-refractivity contribution in [3.8, 4) is 33.5 Å². The SMILES string of the molecule is CC(C)(C)c1ccc2c(c1)-c1cc(C(C)(C)C)ccc1C2(c1cccc(C2(c3cccc(-c4ccccn4)c3)c3ccccc3-c3ccccc32)c1)c1ccccn1. The van der Waals surface area contributed by atoms with E-state index in [2.05, 4.69) is 199 Å². The highest BCUT2D eigenvalue weighted by molar-refractivity contribution is 5.89. The van der Waals surface area contributed by atoms with Crippen LogP contribution in [-0.2, 0) is 21.7 Å². The van der Waals surface area contributed by atoms with Crippen LogP contribution in [0.4, 0.5) is 0 Å². The first-order valence-electron chi connectivity index (χ1n) is 20.6. The Bertz CT molecular complexity index is 2740. The van der Waals surface area contributed by atoms with E-state index in [1.807, 2.05) is 24.5 Å². The fourth-order valence-corrected chi connectivity index (χ4v) is 10.0. The minimum atomic E-state index is -0.663. The fraction of sp³-hybridized carbons (Fsp3) is 0.179. The molecule has 2 aromatic heterocycles. The molecule has 0 bridgehead atoms. The van der Waals surface area contributed by atoms with Gasteiger partial charge in [-0.15, -0.1) is 0 Å². The molecule has 0 fully saturated rings. The third-order valence-corrected chi connectivity index (χ3v) is 12.9. The summed E-state index contributed by atoms with van der Waals surface area (Å²) in [6.07, 6.45) is 3.84. The molecule has 2 heteroatoms. The van der Waals surface area contributed by atoms with Crippen LogP contribution in [0.1, 0.15) is 97.3 Å². The van der Waals surface area contributed by atoms with Gasteiger partial charge in [-0.2, -0.15) is 0 Å². The monoisotopic (exact) mass is 748 g/mol. The Morgan fingerprint density at radius 3 is 1.38 bits per heavy atom. The fourth-order valence-electron chi connectivity index (χ4n) is 10.0. The Balaban J connectivity index is 1.31. The summed E-state index contributed by atoms with van der Waals surface area (Å²) < 4.78 is 0. The molecule has 0 amide bonds. The van der Waals surface area contributed by atoms with Crippen LogP contribution in [0, 0.1) is 0 Å². The van der Waals surface area contributed by atoms with Gasteiger partial charge in [0.1, 0.15) is 0 Å². The molecule has 0 spiro atoms. The maximum Gasteiger partial charge on any atom is 0.0885 e. The molecule has 0 N–H and O–H groups in total. The molecule has 282 valence electrons. The summed E-state index contributed by atoms with van der Waals surface area (Å²) in [4.78, 5) is 10.1. The van der Waals surface area contributed by atoms with E-state index in [1.165, 1.54) is 72.3 Å². The van der Waals surface area contributed by atoms with E-state index >= 15 is 0 Å². The minimum absolute atomic E-state index is 0.00750. The molecule has 2 nitrogen and oxygen atoms in total. The van der Waals surface area contributed by atoms with Crippen LogP contribution in [0.25, 0.3) is 33.5 Å². The second kappa shape index (κ2) is 13.1. The topological polar surface area (TPSA) is 25.8 Å². The molecule has 0 radical (unpaired) electrons. The zero-order chi connectivity index (χ0) is 39.9. The first-order chi connectivity index (χ1) is 28.0. The quantitative estimate of drug-likeness (QED) is 0.175. The Hall–Kier alpha value is -6.38. The second-order valence-corrected chi connectivity index (χ2v) is 18.2. The average molecular weight is 749 g/mol. The summed E-state index contributed by atoms with van der Waals surface area (Å²) in [7, 11) is 0. The summed E-state index contributed by atoms with van der Waals surface area (Å²) in [5.74, 6) is 0. The molecule has 0 saturated heterocycles. The molecular weight excluding hydrogens is 701 g/mol. The highest BCUT2D eigenvalue weighted by Gasteiger charge is 2.50. The van der Waals surface area contributed by atoms with Gasteiger partial charge in [-0.05, 0) is 113 Å². The highest BCUT2D eigenvalue weighted by Crippen LogP contribution is 2.60. The van der Waals surface area contributed by atoms with E-state index in [0.717, 1.165) is 17.0 Å². The van der Waals surface area contributed by atoms with E-state index in [1.54, 1.807) is 0 Å². The molecule has 2 aliphatic carbocycles. The van der Waals surface area contributed by atoms with Gasteiger partial charge in [0.25, 0.3) is 0 Å². The van der Waals surface area contributed by atoms with Gasteiger partial charge in [-0.25, -0.2) is 0 Å². The molecule has 0 unspecified atom stereocenters. The Morgan fingerprint density at radius 1 is 0.362 bits per heavy atom. The van der Waals surface area contributed by atoms with E-state index in [-0.39, 0.29) is 10.8 Å². The van der Waals surface area contributed by atoms with Crippen LogP contribution in [-0.4, -0.2) is 9.97 Å². The smallest absolute Gasteiger partial charge is 0.0885 e. The van der Waals surface area contributed by atoms with Gasteiger partial charge >= 0.3 is 0 Å². The molecule has 10 rings (SSSR count).